The Balaban J connectivity index is 1.73. The number of ketones is 1. The Bertz CT molecular complexity index is 677. The first-order chi connectivity index (χ1) is 11.2. The van der Waals surface area contributed by atoms with Gasteiger partial charge in [0, 0.05) is 17.8 Å². The molecule has 2 aromatic heterocycles. The summed E-state index contributed by atoms with van der Waals surface area (Å²) in [5.74, 6) is 0.200. The summed E-state index contributed by atoms with van der Waals surface area (Å²) >= 11 is 1.52. The van der Waals surface area contributed by atoms with Crippen molar-refractivity contribution in [3.63, 3.8) is 0 Å². The maximum Gasteiger partial charge on any atom is 0.264 e. The van der Waals surface area contributed by atoms with Crippen LogP contribution in [0.3, 0.4) is 0 Å². The quantitative estimate of drug-likeness (QED) is 0.789. The van der Waals surface area contributed by atoms with E-state index in [2.05, 4.69) is 6.92 Å². The van der Waals surface area contributed by atoms with Gasteiger partial charge in [-0.2, -0.15) is 0 Å². The number of aryl methyl sites for hydroxylation is 1. The molecule has 0 saturated carbocycles. The zero-order valence-electron chi connectivity index (χ0n) is 13.0. The molecule has 122 valence electrons. The Labute approximate surface area is 138 Å². The lowest BCUT2D eigenvalue weighted by atomic mass is 10.1. The van der Waals surface area contributed by atoms with Crippen molar-refractivity contribution < 1.29 is 18.7 Å². The van der Waals surface area contributed by atoms with Gasteiger partial charge in [0.1, 0.15) is 0 Å². The Morgan fingerprint density at radius 1 is 1.35 bits per heavy atom. The summed E-state index contributed by atoms with van der Waals surface area (Å²) in [6.07, 6.45) is 2.61. The van der Waals surface area contributed by atoms with Crippen molar-refractivity contribution in [3.8, 4) is 0 Å². The molecule has 3 heterocycles. The molecule has 23 heavy (non-hydrogen) atoms. The normalized spacial score (nSPS) is 18.1. The molecule has 0 N–H and O–H groups in total. The van der Waals surface area contributed by atoms with Crippen LogP contribution in [0, 0.1) is 0 Å². The summed E-state index contributed by atoms with van der Waals surface area (Å²) < 4.78 is 10.6. The summed E-state index contributed by atoms with van der Waals surface area (Å²) in [7, 11) is 0. The molecule has 3 rings (SSSR count). The number of carbonyl (C=O) groups excluding carboxylic acids is 2. The van der Waals surface area contributed by atoms with E-state index in [1.54, 1.807) is 17.0 Å². The van der Waals surface area contributed by atoms with Crippen LogP contribution in [0.1, 0.15) is 38.4 Å². The van der Waals surface area contributed by atoms with Crippen LogP contribution in [0.15, 0.2) is 34.9 Å². The van der Waals surface area contributed by atoms with Crippen molar-refractivity contribution >= 4 is 23.0 Å². The first-order valence-electron chi connectivity index (χ1n) is 7.73. The third-order valence-corrected chi connectivity index (χ3v) is 5.14. The number of Topliss-reactive ketones (excluding diaryl/α,β-unsaturated/α-hetero) is 1. The standard InChI is InChI=1S/C17H19NO4S/c1-2-13-5-6-16(23-13)17(20)18-7-9-21-11-12(18)10-14(19)15-4-3-8-22-15/h3-6,8,12H,2,7,9-11H2,1H3/t12-/m0/s1. The number of furan rings is 1. The highest BCUT2D eigenvalue weighted by molar-refractivity contribution is 7.14. The number of morpholine rings is 1. The molecule has 0 bridgehead atoms. The van der Waals surface area contributed by atoms with E-state index in [1.807, 2.05) is 12.1 Å². The van der Waals surface area contributed by atoms with Gasteiger partial charge in [-0.15, -0.1) is 11.3 Å². The van der Waals surface area contributed by atoms with Crippen molar-refractivity contribution in [1.29, 1.82) is 0 Å². The SMILES string of the molecule is CCc1ccc(C(=O)N2CCOC[C@@H]2CC(=O)c2ccco2)s1. The van der Waals surface area contributed by atoms with Crippen LogP contribution in [0.4, 0.5) is 0 Å². The number of nitrogens with zero attached hydrogens (tertiary/aromatic N) is 1. The molecule has 5 nitrogen and oxygen atoms in total. The summed E-state index contributed by atoms with van der Waals surface area (Å²) in [4.78, 5) is 28.7. The number of ether oxygens (including phenoxy) is 1. The van der Waals surface area contributed by atoms with Crippen LogP contribution in [0.5, 0.6) is 0 Å². The fraction of sp³-hybridized carbons (Fsp3) is 0.412. The van der Waals surface area contributed by atoms with E-state index in [9.17, 15) is 9.59 Å². The van der Waals surface area contributed by atoms with E-state index >= 15 is 0 Å². The van der Waals surface area contributed by atoms with E-state index in [1.165, 1.54) is 22.5 Å². The molecule has 1 atom stereocenters. The minimum atomic E-state index is -0.249. The van der Waals surface area contributed by atoms with Gasteiger partial charge in [0.25, 0.3) is 5.91 Å². The molecular weight excluding hydrogens is 314 g/mol. The molecule has 0 aromatic carbocycles. The molecule has 1 saturated heterocycles. The Morgan fingerprint density at radius 2 is 2.22 bits per heavy atom. The third-order valence-electron chi connectivity index (χ3n) is 3.93. The molecule has 1 aliphatic heterocycles. The van der Waals surface area contributed by atoms with Gasteiger partial charge in [0.05, 0.1) is 30.4 Å². The van der Waals surface area contributed by atoms with Gasteiger partial charge in [-0.05, 0) is 30.7 Å². The zero-order chi connectivity index (χ0) is 16.2. The second kappa shape index (κ2) is 7.10. The number of thiophene rings is 1. The Kier molecular flexibility index (Phi) is 4.93. The number of hydrogen-bond donors (Lipinski definition) is 0. The van der Waals surface area contributed by atoms with Crippen molar-refractivity contribution in [1.82, 2.24) is 4.90 Å². The van der Waals surface area contributed by atoms with Gasteiger partial charge in [0.2, 0.25) is 0 Å². The Morgan fingerprint density at radius 3 is 2.91 bits per heavy atom. The molecule has 0 unspecified atom stereocenters. The van der Waals surface area contributed by atoms with E-state index in [-0.39, 0.29) is 24.2 Å². The summed E-state index contributed by atoms with van der Waals surface area (Å²) in [5.41, 5.74) is 0. The maximum atomic E-state index is 12.8. The highest BCUT2D eigenvalue weighted by Crippen LogP contribution is 2.22. The molecule has 0 radical (unpaired) electrons. The molecular formula is C17H19NO4S. The minimum Gasteiger partial charge on any atom is -0.461 e. The van der Waals surface area contributed by atoms with Crippen LogP contribution in [-0.4, -0.2) is 42.4 Å². The van der Waals surface area contributed by atoms with Gasteiger partial charge >= 0.3 is 0 Å². The van der Waals surface area contributed by atoms with Crippen LogP contribution in [-0.2, 0) is 11.2 Å². The molecule has 1 fully saturated rings. The summed E-state index contributed by atoms with van der Waals surface area (Å²) in [5, 5.41) is 0. The topological polar surface area (TPSA) is 59.8 Å². The lowest BCUT2D eigenvalue weighted by molar-refractivity contribution is -0.00277. The third kappa shape index (κ3) is 3.54. The lowest BCUT2D eigenvalue weighted by Gasteiger charge is -2.35. The van der Waals surface area contributed by atoms with E-state index in [4.69, 9.17) is 9.15 Å². The predicted molar refractivity (Wildman–Crippen MR) is 87.0 cm³/mol. The predicted octanol–water partition coefficient (Wildman–Crippen LogP) is 3.02. The first kappa shape index (κ1) is 16.0. The van der Waals surface area contributed by atoms with Crippen LogP contribution in [0.2, 0.25) is 0 Å². The maximum absolute atomic E-state index is 12.8. The van der Waals surface area contributed by atoms with E-state index < -0.39 is 0 Å². The van der Waals surface area contributed by atoms with Crippen molar-refractivity contribution in [2.45, 2.75) is 25.8 Å². The fourth-order valence-corrected chi connectivity index (χ4v) is 3.57. The smallest absolute Gasteiger partial charge is 0.264 e. The number of rotatable bonds is 5. The largest absolute Gasteiger partial charge is 0.461 e. The number of carbonyl (C=O) groups is 2. The van der Waals surface area contributed by atoms with Crippen molar-refractivity contribution in [3.05, 3.63) is 46.0 Å². The van der Waals surface area contributed by atoms with Crippen molar-refractivity contribution in [2.75, 3.05) is 19.8 Å². The summed E-state index contributed by atoms with van der Waals surface area (Å²) in [6, 6.07) is 6.94. The average Bonchev–Trinajstić information content (AvgIpc) is 3.26. The van der Waals surface area contributed by atoms with Gasteiger partial charge in [-0.1, -0.05) is 6.92 Å². The fourth-order valence-electron chi connectivity index (χ4n) is 2.67. The number of amides is 1. The minimum absolute atomic E-state index is 0.0183. The molecule has 2 aromatic rings. The monoisotopic (exact) mass is 333 g/mol. The van der Waals surface area contributed by atoms with E-state index in [0.29, 0.717) is 25.5 Å². The highest BCUT2D eigenvalue weighted by Gasteiger charge is 2.31. The van der Waals surface area contributed by atoms with Gasteiger partial charge in [0.15, 0.2) is 11.5 Å². The van der Waals surface area contributed by atoms with Gasteiger partial charge in [-0.25, -0.2) is 0 Å². The van der Waals surface area contributed by atoms with Gasteiger partial charge < -0.3 is 14.1 Å². The number of hydrogen-bond acceptors (Lipinski definition) is 5. The van der Waals surface area contributed by atoms with Crippen LogP contribution < -0.4 is 0 Å². The lowest BCUT2D eigenvalue weighted by Crippen LogP contribution is -2.49. The van der Waals surface area contributed by atoms with Crippen LogP contribution >= 0.6 is 11.3 Å². The molecule has 0 aliphatic carbocycles. The Hall–Kier alpha value is -1.92. The first-order valence-corrected chi connectivity index (χ1v) is 8.54. The van der Waals surface area contributed by atoms with E-state index in [0.717, 1.165) is 11.3 Å². The molecule has 6 heteroatoms. The second-order valence-corrected chi connectivity index (χ2v) is 6.62. The zero-order valence-corrected chi connectivity index (χ0v) is 13.8. The molecule has 1 aliphatic rings. The summed E-state index contributed by atoms with van der Waals surface area (Å²) in [6.45, 7) is 3.46. The van der Waals surface area contributed by atoms with Gasteiger partial charge in [-0.3, -0.25) is 9.59 Å². The highest BCUT2D eigenvalue weighted by atomic mass is 32.1. The van der Waals surface area contributed by atoms with Crippen molar-refractivity contribution in [2.24, 2.45) is 0 Å². The van der Waals surface area contributed by atoms with Crippen LogP contribution in [0.25, 0.3) is 0 Å². The molecule has 0 spiro atoms. The average molecular weight is 333 g/mol. The molecule has 1 amide bonds. The second-order valence-electron chi connectivity index (χ2n) is 5.45.